The van der Waals surface area contributed by atoms with Gasteiger partial charge in [0.25, 0.3) is 0 Å². The summed E-state index contributed by atoms with van der Waals surface area (Å²) < 4.78 is 36.6. The molecule has 136 valence electrons. The van der Waals surface area contributed by atoms with E-state index in [2.05, 4.69) is 15.6 Å². The van der Waals surface area contributed by atoms with Crippen molar-refractivity contribution >= 4 is 17.6 Å². The number of nitrogens with zero attached hydrogens (tertiary/aromatic N) is 2. The molecule has 24 heavy (non-hydrogen) atoms. The summed E-state index contributed by atoms with van der Waals surface area (Å²) in [6, 6.07) is 7.65. The maximum absolute atomic E-state index is 12.2. The van der Waals surface area contributed by atoms with E-state index >= 15 is 0 Å². The third kappa shape index (κ3) is 9.62. The zero-order valence-electron chi connectivity index (χ0n) is 14.0. The van der Waals surface area contributed by atoms with Gasteiger partial charge in [-0.05, 0) is 44.1 Å². The molecule has 8 heteroatoms. The minimum absolute atomic E-state index is 0.367. The van der Waals surface area contributed by atoms with Crippen molar-refractivity contribution in [3.63, 3.8) is 0 Å². The molecule has 0 aromatic heterocycles. The zero-order chi connectivity index (χ0) is 18.0. The summed E-state index contributed by atoms with van der Waals surface area (Å²) in [5.74, 6) is 0.635. The fourth-order valence-corrected chi connectivity index (χ4v) is 2.39. The molecule has 4 nitrogen and oxygen atoms in total. The first-order valence-corrected chi connectivity index (χ1v) is 8.12. The second kappa shape index (κ2) is 10.4. The van der Waals surface area contributed by atoms with Crippen molar-refractivity contribution in [2.45, 2.75) is 19.0 Å². The van der Waals surface area contributed by atoms with E-state index in [0.717, 1.165) is 12.0 Å². The summed E-state index contributed by atoms with van der Waals surface area (Å²) in [6.45, 7) is 0.721. The Hall–Kier alpha value is -1.47. The molecule has 2 N–H and O–H groups in total. The lowest BCUT2D eigenvalue weighted by molar-refractivity contribution is -0.143. The molecule has 0 heterocycles. The molecule has 0 saturated carbocycles. The quantitative estimate of drug-likeness (QED) is 0.423. The molecular formula is C16H24ClF3N4. The summed E-state index contributed by atoms with van der Waals surface area (Å²) in [7, 11) is 3.12. The van der Waals surface area contributed by atoms with Crippen molar-refractivity contribution in [3.8, 4) is 0 Å². The lowest BCUT2D eigenvalue weighted by atomic mass is 10.1. The van der Waals surface area contributed by atoms with Gasteiger partial charge in [-0.2, -0.15) is 13.2 Å². The van der Waals surface area contributed by atoms with Gasteiger partial charge >= 0.3 is 6.18 Å². The van der Waals surface area contributed by atoms with Gasteiger partial charge in [0.05, 0.1) is 6.54 Å². The molecule has 0 aliphatic heterocycles. The van der Waals surface area contributed by atoms with Crippen LogP contribution in [0.15, 0.2) is 29.3 Å². The molecule has 0 radical (unpaired) electrons. The van der Waals surface area contributed by atoms with Crippen LogP contribution in [0.25, 0.3) is 0 Å². The van der Waals surface area contributed by atoms with Gasteiger partial charge in [0.2, 0.25) is 0 Å². The van der Waals surface area contributed by atoms with Crippen molar-refractivity contribution in [3.05, 3.63) is 34.9 Å². The van der Waals surface area contributed by atoms with Gasteiger partial charge in [-0.25, -0.2) is 0 Å². The Morgan fingerprint density at radius 2 is 1.96 bits per heavy atom. The van der Waals surface area contributed by atoms with E-state index in [9.17, 15) is 13.2 Å². The average molecular weight is 365 g/mol. The van der Waals surface area contributed by atoms with Gasteiger partial charge in [-0.15, -0.1) is 0 Å². The number of benzene rings is 1. The lowest BCUT2D eigenvalue weighted by Gasteiger charge is -2.19. The van der Waals surface area contributed by atoms with E-state index in [1.54, 1.807) is 7.05 Å². The van der Waals surface area contributed by atoms with Crippen LogP contribution in [-0.2, 0) is 6.42 Å². The highest BCUT2D eigenvalue weighted by molar-refractivity contribution is 6.30. The smallest absolute Gasteiger partial charge is 0.356 e. The van der Waals surface area contributed by atoms with E-state index in [-0.39, 0.29) is 0 Å². The number of hydrogen-bond donors (Lipinski definition) is 2. The normalized spacial score (nSPS) is 12.5. The number of hydrogen-bond acceptors (Lipinski definition) is 2. The number of alkyl halides is 3. The Morgan fingerprint density at radius 3 is 2.58 bits per heavy atom. The number of aliphatic imine (C=N–C) groups is 1. The zero-order valence-corrected chi connectivity index (χ0v) is 14.7. The topological polar surface area (TPSA) is 39.7 Å². The van der Waals surface area contributed by atoms with Crippen LogP contribution in [0, 0.1) is 0 Å². The van der Waals surface area contributed by atoms with Gasteiger partial charge in [-0.1, -0.05) is 23.7 Å². The average Bonchev–Trinajstić information content (AvgIpc) is 2.48. The Bertz CT molecular complexity index is 520. The Labute approximate surface area is 146 Å². The van der Waals surface area contributed by atoms with E-state index < -0.39 is 12.7 Å². The molecule has 1 aromatic rings. The van der Waals surface area contributed by atoms with Crippen LogP contribution in [0.3, 0.4) is 0 Å². The lowest BCUT2D eigenvalue weighted by Crippen LogP contribution is -2.40. The van der Waals surface area contributed by atoms with Gasteiger partial charge in [-0.3, -0.25) is 9.89 Å². The van der Waals surface area contributed by atoms with E-state index in [1.807, 2.05) is 24.3 Å². The highest BCUT2D eigenvalue weighted by Gasteiger charge is 2.28. The van der Waals surface area contributed by atoms with Gasteiger partial charge in [0.1, 0.15) is 0 Å². The van der Waals surface area contributed by atoms with Crippen molar-refractivity contribution in [1.29, 1.82) is 0 Å². The van der Waals surface area contributed by atoms with E-state index in [1.165, 1.54) is 11.9 Å². The van der Waals surface area contributed by atoms with E-state index in [4.69, 9.17) is 11.6 Å². The SMILES string of the molecule is CN=C(NCCCN(C)CC(F)(F)F)NCCc1cccc(Cl)c1. The fourth-order valence-electron chi connectivity index (χ4n) is 2.18. The summed E-state index contributed by atoms with van der Waals surface area (Å²) in [4.78, 5) is 5.35. The summed E-state index contributed by atoms with van der Waals surface area (Å²) in [5, 5.41) is 6.96. The molecule has 0 bridgehead atoms. The van der Waals surface area contributed by atoms with Crippen molar-refractivity contribution < 1.29 is 13.2 Å². The Balaban J connectivity index is 2.19. The molecule has 0 aliphatic rings. The predicted molar refractivity (Wildman–Crippen MR) is 92.7 cm³/mol. The molecule has 0 saturated heterocycles. The van der Waals surface area contributed by atoms with Crippen LogP contribution in [-0.4, -0.2) is 57.3 Å². The third-order valence-corrected chi connectivity index (χ3v) is 3.51. The van der Waals surface area contributed by atoms with Gasteiger partial charge < -0.3 is 10.6 Å². The maximum atomic E-state index is 12.2. The molecular weight excluding hydrogens is 341 g/mol. The third-order valence-electron chi connectivity index (χ3n) is 3.28. The fraction of sp³-hybridized carbons (Fsp3) is 0.562. The maximum Gasteiger partial charge on any atom is 0.401 e. The first kappa shape index (κ1) is 20.6. The molecule has 0 amide bonds. The predicted octanol–water partition coefficient (Wildman–Crippen LogP) is 2.93. The van der Waals surface area contributed by atoms with Crippen LogP contribution in [0.1, 0.15) is 12.0 Å². The molecule has 1 aromatic carbocycles. The minimum atomic E-state index is -4.15. The number of nitrogens with one attached hydrogen (secondary N) is 2. The Kier molecular flexibility index (Phi) is 8.92. The summed E-state index contributed by atoms with van der Waals surface area (Å²) in [6.07, 6.45) is -2.75. The molecule has 0 atom stereocenters. The second-order valence-electron chi connectivity index (χ2n) is 5.51. The van der Waals surface area contributed by atoms with Crippen LogP contribution in [0.2, 0.25) is 5.02 Å². The van der Waals surface area contributed by atoms with Crippen LogP contribution >= 0.6 is 11.6 Å². The molecule has 1 rings (SSSR count). The van der Waals surface area contributed by atoms with E-state index in [0.29, 0.717) is 37.0 Å². The van der Waals surface area contributed by atoms with Crippen LogP contribution in [0.5, 0.6) is 0 Å². The molecule has 0 unspecified atom stereocenters. The van der Waals surface area contributed by atoms with Gasteiger partial charge in [0, 0.05) is 25.2 Å². The summed E-state index contributed by atoms with van der Waals surface area (Å²) >= 11 is 5.93. The monoisotopic (exact) mass is 364 g/mol. The standard InChI is InChI=1S/C16H24ClF3N4/c1-21-15(22-8-4-10-24(2)12-16(18,19)20)23-9-7-13-5-3-6-14(17)11-13/h3,5-6,11H,4,7-10,12H2,1-2H3,(H2,21,22,23). The molecule has 0 aliphatic carbocycles. The second-order valence-corrected chi connectivity index (χ2v) is 5.95. The Morgan fingerprint density at radius 1 is 1.25 bits per heavy atom. The van der Waals surface area contributed by atoms with Crippen molar-refractivity contribution in [2.75, 3.05) is 40.3 Å². The first-order valence-electron chi connectivity index (χ1n) is 7.74. The van der Waals surface area contributed by atoms with Crippen LogP contribution in [0.4, 0.5) is 13.2 Å². The first-order chi connectivity index (χ1) is 11.3. The largest absolute Gasteiger partial charge is 0.401 e. The van der Waals surface area contributed by atoms with Crippen molar-refractivity contribution in [1.82, 2.24) is 15.5 Å². The minimum Gasteiger partial charge on any atom is -0.356 e. The highest BCUT2D eigenvalue weighted by Crippen LogP contribution is 2.15. The number of rotatable bonds is 8. The number of guanidine groups is 1. The molecule has 0 fully saturated rings. The highest BCUT2D eigenvalue weighted by atomic mass is 35.5. The number of halogens is 4. The van der Waals surface area contributed by atoms with Gasteiger partial charge in [0.15, 0.2) is 5.96 Å². The van der Waals surface area contributed by atoms with Crippen LogP contribution < -0.4 is 10.6 Å². The van der Waals surface area contributed by atoms with Crippen molar-refractivity contribution in [2.24, 2.45) is 4.99 Å². The molecule has 0 spiro atoms. The summed E-state index contributed by atoms with van der Waals surface area (Å²) in [5.41, 5.74) is 1.12.